The summed E-state index contributed by atoms with van der Waals surface area (Å²) in [6, 6.07) is 11.8. The number of hydrogen-bond acceptors (Lipinski definition) is 2. The predicted molar refractivity (Wildman–Crippen MR) is 101 cm³/mol. The molecule has 0 fully saturated rings. The van der Waals surface area contributed by atoms with Crippen LogP contribution in [0.4, 0.5) is 8.78 Å². The molecule has 0 heterocycles. The lowest BCUT2D eigenvalue weighted by molar-refractivity contribution is 0.0941. The summed E-state index contributed by atoms with van der Waals surface area (Å²) in [5.74, 6) is -1.84. The average molecular weight is 374 g/mol. The number of hydrogen-bond donors (Lipinski definition) is 2. The molecule has 0 bridgehead atoms. The van der Waals surface area contributed by atoms with Crippen LogP contribution in [0.2, 0.25) is 0 Å². The third-order valence-corrected chi connectivity index (χ3v) is 4.16. The number of halogens is 2. The first-order valence-electron chi connectivity index (χ1n) is 9.15. The predicted octanol–water partition coefficient (Wildman–Crippen LogP) is 4.08. The largest absolute Gasteiger partial charge is 0.352 e. The second-order valence-corrected chi connectivity index (χ2v) is 6.24. The molecule has 2 aromatic rings. The number of rotatable bonds is 10. The molecule has 6 heteroatoms. The Kier molecular flexibility index (Phi) is 8.42. The van der Waals surface area contributed by atoms with Gasteiger partial charge in [0.15, 0.2) is 0 Å². The van der Waals surface area contributed by atoms with Gasteiger partial charge in [-0.1, -0.05) is 43.5 Å². The zero-order valence-corrected chi connectivity index (χ0v) is 15.1. The lowest BCUT2D eigenvalue weighted by Crippen LogP contribution is -2.25. The summed E-state index contributed by atoms with van der Waals surface area (Å²) in [6.07, 6.45) is 4.44. The Labute approximate surface area is 158 Å². The van der Waals surface area contributed by atoms with E-state index in [1.165, 1.54) is 24.3 Å². The summed E-state index contributed by atoms with van der Waals surface area (Å²) in [6.45, 7) is 0.994. The molecule has 0 radical (unpaired) electrons. The van der Waals surface area contributed by atoms with Gasteiger partial charge in [0.05, 0.1) is 11.1 Å². The van der Waals surface area contributed by atoms with E-state index in [0.717, 1.165) is 32.1 Å². The average Bonchev–Trinajstić information content (AvgIpc) is 2.67. The van der Waals surface area contributed by atoms with Crippen molar-refractivity contribution in [2.75, 3.05) is 13.1 Å². The monoisotopic (exact) mass is 374 g/mol. The van der Waals surface area contributed by atoms with E-state index in [0.29, 0.717) is 13.1 Å². The van der Waals surface area contributed by atoms with Crippen molar-refractivity contribution in [3.8, 4) is 0 Å². The maximum Gasteiger partial charge on any atom is 0.254 e. The van der Waals surface area contributed by atoms with E-state index in [9.17, 15) is 18.4 Å². The summed E-state index contributed by atoms with van der Waals surface area (Å²) >= 11 is 0. The molecule has 2 amide bonds. The zero-order valence-electron chi connectivity index (χ0n) is 15.1. The van der Waals surface area contributed by atoms with Crippen molar-refractivity contribution < 1.29 is 18.4 Å². The van der Waals surface area contributed by atoms with Crippen LogP contribution < -0.4 is 10.6 Å². The Morgan fingerprint density at radius 1 is 0.630 bits per heavy atom. The highest BCUT2D eigenvalue weighted by atomic mass is 19.1. The second kappa shape index (κ2) is 11.1. The van der Waals surface area contributed by atoms with Crippen molar-refractivity contribution in [1.82, 2.24) is 10.6 Å². The first-order chi connectivity index (χ1) is 13.1. The molecule has 144 valence electrons. The van der Waals surface area contributed by atoms with Crippen LogP contribution >= 0.6 is 0 Å². The Morgan fingerprint density at radius 2 is 1.00 bits per heavy atom. The third kappa shape index (κ3) is 6.81. The number of carbonyl (C=O) groups is 2. The molecule has 0 spiro atoms. The highest BCUT2D eigenvalue weighted by molar-refractivity contribution is 5.94. The van der Waals surface area contributed by atoms with Crippen molar-refractivity contribution in [2.45, 2.75) is 32.1 Å². The summed E-state index contributed by atoms with van der Waals surface area (Å²) in [7, 11) is 0. The Bertz CT molecular complexity index is 702. The van der Waals surface area contributed by atoms with Gasteiger partial charge in [-0.2, -0.15) is 0 Å². The molecular formula is C21H24F2N2O2. The van der Waals surface area contributed by atoms with Crippen LogP contribution in [0.25, 0.3) is 0 Å². The van der Waals surface area contributed by atoms with E-state index in [4.69, 9.17) is 0 Å². The maximum atomic E-state index is 13.5. The minimum atomic E-state index is -0.521. The fourth-order valence-corrected chi connectivity index (χ4v) is 2.67. The molecule has 4 nitrogen and oxygen atoms in total. The minimum absolute atomic E-state index is 0.0584. The van der Waals surface area contributed by atoms with Crippen molar-refractivity contribution in [1.29, 1.82) is 0 Å². The van der Waals surface area contributed by atoms with Gasteiger partial charge in [0.2, 0.25) is 0 Å². The quantitative estimate of drug-likeness (QED) is 0.616. The Morgan fingerprint density at radius 3 is 1.41 bits per heavy atom. The van der Waals surface area contributed by atoms with Gasteiger partial charge in [0.25, 0.3) is 11.8 Å². The fourth-order valence-electron chi connectivity index (χ4n) is 2.67. The van der Waals surface area contributed by atoms with Crippen LogP contribution in [0.3, 0.4) is 0 Å². The van der Waals surface area contributed by atoms with E-state index in [2.05, 4.69) is 10.6 Å². The van der Waals surface area contributed by atoms with Crippen LogP contribution in [0.15, 0.2) is 48.5 Å². The van der Waals surface area contributed by atoms with Crippen LogP contribution in [-0.4, -0.2) is 24.9 Å². The van der Waals surface area contributed by atoms with Crippen LogP contribution in [0.1, 0.15) is 52.8 Å². The molecular weight excluding hydrogens is 350 g/mol. The molecule has 2 N–H and O–H groups in total. The Hall–Kier alpha value is -2.76. The highest BCUT2D eigenvalue weighted by Gasteiger charge is 2.10. The smallest absolute Gasteiger partial charge is 0.254 e. The summed E-state index contributed by atoms with van der Waals surface area (Å²) in [4.78, 5) is 23.7. The van der Waals surface area contributed by atoms with E-state index in [1.54, 1.807) is 24.3 Å². The van der Waals surface area contributed by atoms with Gasteiger partial charge in [0, 0.05) is 13.1 Å². The molecule has 0 aliphatic heterocycles. The molecule has 0 aromatic heterocycles. The Balaban J connectivity index is 1.50. The first-order valence-corrected chi connectivity index (χ1v) is 9.15. The molecule has 0 aliphatic carbocycles. The van der Waals surface area contributed by atoms with Gasteiger partial charge in [-0.25, -0.2) is 8.78 Å². The molecule has 0 saturated carbocycles. The molecule has 0 aliphatic rings. The van der Waals surface area contributed by atoms with Crippen molar-refractivity contribution in [3.63, 3.8) is 0 Å². The number of amides is 2. The summed E-state index contributed by atoms with van der Waals surface area (Å²) in [5, 5.41) is 5.42. The van der Waals surface area contributed by atoms with Gasteiger partial charge < -0.3 is 10.6 Å². The van der Waals surface area contributed by atoms with Crippen molar-refractivity contribution in [2.24, 2.45) is 0 Å². The van der Waals surface area contributed by atoms with Crippen LogP contribution in [0, 0.1) is 11.6 Å². The summed E-state index contributed by atoms with van der Waals surface area (Å²) < 4.78 is 26.9. The number of benzene rings is 2. The summed E-state index contributed by atoms with van der Waals surface area (Å²) in [5.41, 5.74) is 0.117. The number of carbonyl (C=O) groups excluding carboxylic acids is 2. The first kappa shape index (κ1) is 20.6. The van der Waals surface area contributed by atoms with Crippen LogP contribution in [-0.2, 0) is 0 Å². The topological polar surface area (TPSA) is 58.2 Å². The SMILES string of the molecule is O=C(NCCCCCCCNC(=O)c1ccccc1F)c1ccccc1F. The molecule has 2 rings (SSSR count). The third-order valence-electron chi connectivity index (χ3n) is 4.16. The van der Waals surface area contributed by atoms with E-state index in [-0.39, 0.29) is 11.1 Å². The van der Waals surface area contributed by atoms with E-state index < -0.39 is 23.4 Å². The molecule has 2 aromatic carbocycles. The fraction of sp³-hybridized carbons (Fsp3) is 0.333. The molecule has 0 saturated heterocycles. The normalized spacial score (nSPS) is 10.4. The van der Waals surface area contributed by atoms with Gasteiger partial charge in [-0.3, -0.25) is 9.59 Å². The lowest BCUT2D eigenvalue weighted by Gasteiger charge is -2.07. The lowest BCUT2D eigenvalue weighted by atomic mass is 10.1. The van der Waals surface area contributed by atoms with Gasteiger partial charge in [-0.05, 0) is 37.1 Å². The second-order valence-electron chi connectivity index (χ2n) is 6.24. The van der Waals surface area contributed by atoms with Crippen LogP contribution in [0.5, 0.6) is 0 Å². The number of unbranched alkanes of at least 4 members (excludes halogenated alkanes) is 4. The van der Waals surface area contributed by atoms with Crippen molar-refractivity contribution in [3.05, 3.63) is 71.3 Å². The van der Waals surface area contributed by atoms with E-state index in [1.807, 2.05) is 0 Å². The molecule has 0 atom stereocenters. The molecule has 0 unspecified atom stereocenters. The number of nitrogens with one attached hydrogen (secondary N) is 2. The zero-order chi connectivity index (χ0) is 19.5. The van der Waals surface area contributed by atoms with Gasteiger partial charge >= 0.3 is 0 Å². The highest BCUT2D eigenvalue weighted by Crippen LogP contribution is 2.08. The van der Waals surface area contributed by atoms with Gasteiger partial charge in [-0.15, -0.1) is 0 Å². The standard InChI is InChI=1S/C21H24F2N2O2/c22-18-12-6-4-10-16(18)20(26)24-14-8-2-1-3-9-15-25-21(27)17-11-5-7-13-19(17)23/h4-7,10-13H,1-3,8-9,14-15H2,(H,24,26)(H,25,27). The molecule has 27 heavy (non-hydrogen) atoms. The van der Waals surface area contributed by atoms with Crippen molar-refractivity contribution >= 4 is 11.8 Å². The van der Waals surface area contributed by atoms with E-state index >= 15 is 0 Å². The minimum Gasteiger partial charge on any atom is -0.352 e. The van der Waals surface area contributed by atoms with Gasteiger partial charge in [0.1, 0.15) is 11.6 Å². The maximum absolute atomic E-state index is 13.5.